The third-order valence-corrected chi connectivity index (χ3v) is 5.85. The Balaban J connectivity index is 1.96. The van der Waals surface area contributed by atoms with E-state index in [-0.39, 0.29) is 16.0 Å². The Morgan fingerprint density at radius 2 is 1.90 bits per heavy atom. The molecular formula is C25H33ClN2O. The minimum atomic E-state index is -0.241. The largest absolute Gasteiger partial charge is 0.321 e. The molecule has 0 amide bonds. The van der Waals surface area contributed by atoms with E-state index in [0.717, 1.165) is 42.9 Å². The van der Waals surface area contributed by atoms with Gasteiger partial charge in [-0.15, -0.1) is 0 Å². The van der Waals surface area contributed by atoms with Gasteiger partial charge in [0.1, 0.15) is 5.02 Å². The molecule has 0 spiro atoms. The normalized spacial score (nSPS) is 18.6. The van der Waals surface area contributed by atoms with Crippen LogP contribution in [0.15, 0.2) is 47.3 Å². The fraction of sp³-hybridized carbons (Fsp3) is 0.480. The molecule has 1 aliphatic heterocycles. The van der Waals surface area contributed by atoms with E-state index < -0.39 is 0 Å². The summed E-state index contributed by atoms with van der Waals surface area (Å²) < 4.78 is 0. The van der Waals surface area contributed by atoms with Crippen LogP contribution in [0.3, 0.4) is 0 Å². The molecule has 2 heterocycles. The summed E-state index contributed by atoms with van der Waals surface area (Å²) in [5.41, 5.74) is 4.20. The lowest BCUT2D eigenvalue weighted by atomic mass is 9.85. The summed E-state index contributed by atoms with van der Waals surface area (Å²) in [5, 5.41) is 0.222. The van der Waals surface area contributed by atoms with E-state index in [2.05, 4.69) is 74.8 Å². The van der Waals surface area contributed by atoms with Gasteiger partial charge in [0, 0.05) is 24.4 Å². The van der Waals surface area contributed by atoms with Crippen LogP contribution in [0.2, 0.25) is 5.02 Å². The van der Waals surface area contributed by atoms with Crippen LogP contribution in [0.25, 0.3) is 5.57 Å². The van der Waals surface area contributed by atoms with Crippen LogP contribution in [0.1, 0.15) is 57.9 Å². The van der Waals surface area contributed by atoms with E-state index in [1.165, 1.54) is 5.56 Å². The number of rotatable bonds is 5. The predicted molar refractivity (Wildman–Crippen MR) is 124 cm³/mol. The van der Waals surface area contributed by atoms with Crippen molar-refractivity contribution in [2.45, 2.75) is 46.5 Å². The summed E-state index contributed by atoms with van der Waals surface area (Å²) in [6.45, 7) is 14.5. The van der Waals surface area contributed by atoms with Crippen LogP contribution in [0.5, 0.6) is 0 Å². The molecule has 3 rings (SSSR count). The summed E-state index contributed by atoms with van der Waals surface area (Å²) in [7, 11) is 0. The number of likely N-dealkylation sites (tertiary alicyclic amines) is 1. The molecule has 0 aliphatic carbocycles. The number of aromatic amines is 1. The molecule has 156 valence electrons. The molecule has 0 saturated carbocycles. The van der Waals surface area contributed by atoms with Gasteiger partial charge < -0.3 is 9.88 Å². The number of H-pyrrole nitrogens is 1. The van der Waals surface area contributed by atoms with Gasteiger partial charge in [-0.2, -0.15) is 0 Å². The first kappa shape index (κ1) is 21.9. The molecule has 4 heteroatoms. The zero-order chi connectivity index (χ0) is 21.2. The minimum Gasteiger partial charge on any atom is -0.321 e. The van der Waals surface area contributed by atoms with Crippen molar-refractivity contribution >= 4 is 17.2 Å². The van der Waals surface area contributed by atoms with Crippen molar-refractivity contribution in [2.75, 3.05) is 19.6 Å². The van der Waals surface area contributed by atoms with Crippen molar-refractivity contribution in [3.05, 3.63) is 74.7 Å². The van der Waals surface area contributed by atoms with Crippen LogP contribution >= 0.6 is 11.6 Å². The third-order valence-electron chi connectivity index (χ3n) is 5.55. The topological polar surface area (TPSA) is 36.1 Å². The highest BCUT2D eigenvalue weighted by molar-refractivity contribution is 6.30. The van der Waals surface area contributed by atoms with Gasteiger partial charge in [0.05, 0.1) is 0 Å². The Labute approximate surface area is 179 Å². The van der Waals surface area contributed by atoms with Gasteiger partial charge in [-0.25, -0.2) is 0 Å². The Hall–Kier alpha value is -1.84. The molecule has 1 aromatic carbocycles. The summed E-state index contributed by atoms with van der Waals surface area (Å²) in [6.07, 6.45) is 3.49. The van der Waals surface area contributed by atoms with Crippen LogP contribution in [0, 0.1) is 11.8 Å². The number of nitrogens with one attached hydrogen (secondary N) is 1. The Kier molecular flexibility index (Phi) is 6.70. The average molecular weight is 413 g/mol. The van der Waals surface area contributed by atoms with Crippen molar-refractivity contribution in [1.29, 1.82) is 0 Å². The second-order valence-electron chi connectivity index (χ2n) is 9.66. The van der Waals surface area contributed by atoms with Crippen LogP contribution in [0.4, 0.5) is 0 Å². The minimum absolute atomic E-state index is 0.111. The highest BCUT2D eigenvalue weighted by Gasteiger charge is 2.23. The number of hydrogen-bond donors (Lipinski definition) is 1. The molecule has 0 radical (unpaired) electrons. The maximum atomic E-state index is 12.1. The molecule has 1 aromatic heterocycles. The molecule has 2 aromatic rings. The average Bonchev–Trinajstić information content (AvgIpc) is 3.08. The number of benzene rings is 1. The standard InChI is InChI=1S/C25H33ClN2O/c1-17(2)15-28-13-12-18(16-28)14-21(23-11-10-22(26)24(29)27-23)19-6-8-20(9-7-19)25(3,4)5/h6-11,14,17-18H,12-13,15-16H2,1-5H3,(H,27,29)/t18-/m1/s1. The molecule has 1 atom stereocenters. The van der Waals surface area contributed by atoms with Crippen molar-refractivity contribution < 1.29 is 0 Å². The summed E-state index contributed by atoms with van der Waals surface area (Å²) >= 11 is 5.97. The van der Waals surface area contributed by atoms with E-state index in [0.29, 0.717) is 11.8 Å². The van der Waals surface area contributed by atoms with Gasteiger partial charge >= 0.3 is 0 Å². The summed E-state index contributed by atoms with van der Waals surface area (Å²) in [5.74, 6) is 1.15. The van der Waals surface area contributed by atoms with Crippen molar-refractivity contribution in [3.8, 4) is 0 Å². The molecule has 0 unspecified atom stereocenters. The van der Waals surface area contributed by atoms with Crippen LogP contribution in [-0.2, 0) is 5.41 Å². The van der Waals surface area contributed by atoms with E-state index in [1.807, 2.05) is 6.07 Å². The van der Waals surface area contributed by atoms with Gasteiger partial charge in [0.25, 0.3) is 5.56 Å². The second kappa shape index (κ2) is 8.89. The van der Waals surface area contributed by atoms with Gasteiger partial charge in [-0.05, 0) is 53.5 Å². The second-order valence-corrected chi connectivity index (χ2v) is 10.1. The first-order valence-electron chi connectivity index (χ1n) is 10.6. The number of hydrogen-bond acceptors (Lipinski definition) is 2. The third kappa shape index (κ3) is 5.61. The first-order chi connectivity index (χ1) is 13.6. The van der Waals surface area contributed by atoms with Crippen LogP contribution < -0.4 is 5.56 Å². The van der Waals surface area contributed by atoms with Crippen molar-refractivity contribution in [3.63, 3.8) is 0 Å². The lowest BCUT2D eigenvalue weighted by Crippen LogP contribution is -2.25. The molecule has 0 bridgehead atoms. The monoisotopic (exact) mass is 412 g/mol. The van der Waals surface area contributed by atoms with Gasteiger partial charge in [-0.1, -0.05) is 76.6 Å². The van der Waals surface area contributed by atoms with E-state index in [4.69, 9.17) is 11.6 Å². The summed E-state index contributed by atoms with van der Waals surface area (Å²) in [6, 6.07) is 12.3. The van der Waals surface area contributed by atoms with E-state index in [9.17, 15) is 4.79 Å². The molecule has 3 nitrogen and oxygen atoms in total. The zero-order valence-corrected chi connectivity index (χ0v) is 19.0. The number of halogens is 1. The van der Waals surface area contributed by atoms with Crippen LogP contribution in [-0.4, -0.2) is 29.5 Å². The molecule has 29 heavy (non-hydrogen) atoms. The van der Waals surface area contributed by atoms with E-state index in [1.54, 1.807) is 6.07 Å². The molecular weight excluding hydrogens is 380 g/mol. The Morgan fingerprint density at radius 1 is 1.21 bits per heavy atom. The zero-order valence-electron chi connectivity index (χ0n) is 18.3. The number of pyridine rings is 1. The lowest BCUT2D eigenvalue weighted by molar-refractivity contribution is 0.293. The molecule has 1 fully saturated rings. The fourth-order valence-corrected chi connectivity index (χ4v) is 4.13. The SMILES string of the molecule is CC(C)CN1CC[C@H](C=C(c2ccc(C(C)(C)C)cc2)c2ccc(Cl)c(=O)[nH]2)C1. The highest BCUT2D eigenvalue weighted by atomic mass is 35.5. The van der Waals surface area contributed by atoms with Gasteiger partial charge in [0.15, 0.2) is 0 Å². The number of aromatic nitrogens is 1. The summed E-state index contributed by atoms with van der Waals surface area (Å²) in [4.78, 5) is 17.7. The molecule has 1 aliphatic rings. The van der Waals surface area contributed by atoms with Crippen molar-refractivity contribution in [2.24, 2.45) is 11.8 Å². The van der Waals surface area contributed by atoms with E-state index >= 15 is 0 Å². The Morgan fingerprint density at radius 3 is 2.48 bits per heavy atom. The Bertz CT molecular complexity index is 919. The van der Waals surface area contributed by atoms with Crippen molar-refractivity contribution in [1.82, 2.24) is 9.88 Å². The fourth-order valence-electron chi connectivity index (χ4n) is 4.02. The first-order valence-corrected chi connectivity index (χ1v) is 11.0. The lowest BCUT2D eigenvalue weighted by Gasteiger charge is -2.20. The molecule has 1 N–H and O–H groups in total. The molecule has 1 saturated heterocycles. The highest BCUT2D eigenvalue weighted by Crippen LogP contribution is 2.30. The van der Waals surface area contributed by atoms with Gasteiger partial charge in [-0.3, -0.25) is 4.79 Å². The van der Waals surface area contributed by atoms with Gasteiger partial charge in [0.2, 0.25) is 0 Å². The smallest absolute Gasteiger partial charge is 0.267 e. The maximum absolute atomic E-state index is 12.1. The number of nitrogens with zero attached hydrogens (tertiary/aromatic N) is 1. The maximum Gasteiger partial charge on any atom is 0.267 e. The predicted octanol–water partition coefficient (Wildman–Crippen LogP) is 5.74. The quantitative estimate of drug-likeness (QED) is 0.680.